The minimum absolute atomic E-state index is 0.137. The maximum absolute atomic E-state index is 13.2. The lowest BCUT2D eigenvalue weighted by Gasteiger charge is -2.37. The van der Waals surface area contributed by atoms with Crippen molar-refractivity contribution >= 4 is 23.5 Å². The lowest BCUT2D eigenvalue weighted by atomic mass is 9.86. The summed E-state index contributed by atoms with van der Waals surface area (Å²) in [7, 11) is 0. The maximum Gasteiger partial charge on any atom is 0.332 e. The minimum Gasteiger partial charge on any atom is -0.335 e. The predicted molar refractivity (Wildman–Crippen MR) is 107 cm³/mol. The van der Waals surface area contributed by atoms with Gasteiger partial charge < -0.3 is 4.90 Å². The van der Waals surface area contributed by atoms with Crippen molar-refractivity contribution in [3.8, 4) is 0 Å². The van der Waals surface area contributed by atoms with Gasteiger partial charge in [0.2, 0.25) is 5.91 Å². The first-order chi connectivity index (χ1) is 13.9. The molecule has 29 heavy (non-hydrogen) atoms. The number of hydrogen-bond acceptors (Lipinski definition) is 3. The molecule has 4 rings (SSSR count). The van der Waals surface area contributed by atoms with Gasteiger partial charge >= 0.3 is 6.03 Å². The van der Waals surface area contributed by atoms with E-state index in [0.29, 0.717) is 11.6 Å². The van der Waals surface area contributed by atoms with Gasteiger partial charge in [-0.05, 0) is 75.6 Å². The summed E-state index contributed by atoms with van der Waals surface area (Å²) in [5, 5.41) is 0. The molecule has 1 heterocycles. The molecule has 2 saturated carbocycles. The average molecular weight is 401 g/mol. The maximum atomic E-state index is 13.2. The van der Waals surface area contributed by atoms with Crippen molar-refractivity contribution in [1.82, 2.24) is 9.80 Å². The highest BCUT2D eigenvalue weighted by atomic mass is 19.1. The molecule has 0 bridgehead atoms. The van der Waals surface area contributed by atoms with E-state index in [1.165, 1.54) is 29.2 Å². The van der Waals surface area contributed by atoms with E-state index in [2.05, 4.69) is 6.92 Å². The van der Waals surface area contributed by atoms with E-state index >= 15 is 0 Å². The highest BCUT2D eigenvalue weighted by Crippen LogP contribution is 2.36. The Hall–Kier alpha value is -2.44. The number of carbonyl (C=O) groups excluding carboxylic acids is 3. The molecule has 2 aliphatic carbocycles. The molecule has 1 aliphatic heterocycles. The molecule has 3 fully saturated rings. The number of anilines is 1. The highest BCUT2D eigenvalue weighted by molar-refractivity contribution is 6.15. The van der Waals surface area contributed by atoms with Crippen molar-refractivity contribution in [2.45, 2.75) is 70.5 Å². The van der Waals surface area contributed by atoms with E-state index in [4.69, 9.17) is 0 Å². The molecule has 0 N–H and O–H groups in total. The third-order valence-corrected chi connectivity index (χ3v) is 6.45. The van der Waals surface area contributed by atoms with E-state index in [0.717, 1.165) is 43.4 Å². The molecular weight excluding hydrogens is 373 g/mol. The molecule has 6 nitrogen and oxygen atoms in total. The molecule has 1 saturated heterocycles. The average Bonchev–Trinajstić information content (AvgIpc) is 3.50. The van der Waals surface area contributed by atoms with Gasteiger partial charge in [0.1, 0.15) is 18.4 Å². The second kappa shape index (κ2) is 7.76. The second-order valence-electron chi connectivity index (χ2n) is 8.68. The second-order valence-corrected chi connectivity index (χ2v) is 8.68. The standard InChI is InChI=1S/C22H28FN3O3/c1-14-3-7-18(8-4-14)26(19-11-12-19)20(27)13-24-21(28)15(2)25(22(24)29)17-9-5-16(23)6-10-17/h5-6,9-10,14-15,18-19H,3-4,7-8,11-13H2,1-2H3. The van der Waals surface area contributed by atoms with Crippen LogP contribution in [0.3, 0.4) is 0 Å². The summed E-state index contributed by atoms with van der Waals surface area (Å²) in [5.74, 6) is -0.245. The molecular formula is C22H28FN3O3. The highest BCUT2D eigenvalue weighted by Gasteiger charge is 2.46. The minimum atomic E-state index is -0.717. The summed E-state index contributed by atoms with van der Waals surface area (Å²) < 4.78 is 13.2. The Morgan fingerprint density at radius 3 is 2.10 bits per heavy atom. The summed E-state index contributed by atoms with van der Waals surface area (Å²) in [5.41, 5.74) is 0.451. The number of hydrogen-bond donors (Lipinski definition) is 0. The van der Waals surface area contributed by atoms with Crippen LogP contribution in [0.15, 0.2) is 24.3 Å². The number of urea groups is 1. The van der Waals surface area contributed by atoms with E-state index in [1.54, 1.807) is 6.92 Å². The van der Waals surface area contributed by atoms with Crippen LogP contribution in [0.4, 0.5) is 14.9 Å². The van der Waals surface area contributed by atoms with Crippen molar-refractivity contribution in [3.05, 3.63) is 30.1 Å². The Morgan fingerprint density at radius 1 is 1.00 bits per heavy atom. The fraction of sp³-hybridized carbons (Fsp3) is 0.591. The van der Waals surface area contributed by atoms with Gasteiger partial charge in [0.15, 0.2) is 0 Å². The van der Waals surface area contributed by atoms with E-state index in [9.17, 15) is 18.8 Å². The summed E-state index contributed by atoms with van der Waals surface area (Å²) in [4.78, 5) is 43.2. The number of amides is 4. The number of carbonyl (C=O) groups is 3. The van der Waals surface area contributed by atoms with Crippen molar-refractivity contribution in [2.75, 3.05) is 11.4 Å². The lowest BCUT2D eigenvalue weighted by Crippen LogP contribution is -2.49. The number of benzene rings is 1. The fourth-order valence-corrected chi connectivity index (χ4v) is 4.60. The van der Waals surface area contributed by atoms with Gasteiger partial charge in [-0.1, -0.05) is 6.92 Å². The SMILES string of the molecule is CC1CCC(N(C(=O)CN2C(=O)C(C)N(c3ccc(F)cc3)C2=O)C2CC2)CC1. The number of nitrogens with zero attached hydrogens (tertiary/aromatic N) is 3. The Morgan fingerprint density at radius 2 is 1.55 bits per heavy atom. The van der Waals surface area contributed by atoms with Gasteiger partial charge in [0, 0.05) is 17.8 Å². The molecule has 0 aromatic heterocycles. The van der Waals surface area contributed by atoms with Crippen molar-refractivity contribution in [1.29, 1.82) is 0 Å². The zero-order chi connectivity index (χ0) is 20.7. The predicted octanol–water partition coefficient (Wildman–Crippen LogP) is 3.55. The van der Waals surface area contributed by atoms with Crippen LogP contribution in [0, 0.1) is 11.7 Å². The first kappa shape index (κ1) is 19.9. The third-order valence-electron chi connectivity index (χ3n) is 6.45. The molecule has 1 aromatic rings. The van der Waals surface area contributed by atoms with Crippen LogP contribution in [0.25, 0.3) is 0 Å². The zero-order valence-corrected chi connectivity index (χ0v) is 17.0. The molecule has 1 atom stereocenters. The number of imide groups is 1. The van der Waals surface area contributed by atoms with Crippen LogP contribution >= 0.6 is 0 Å². The largest absolute Gasteiger partial charge is 0.335 e. The van der Waals surface area contributed by atoms with E-state index in [-0.39, 0.29) is 30.4 Å². The van der Waals surface area contributed by atoms with Crippen LogP contribution in [0.5, 0.6) is 0 Å². The quantitative estimate of drug-likeness (QED) is 0.709. The van der Waals surface area contributed by atoms with Crippen molar-refractivity contribution in [2.24, 2.45) is 5.92 Å². The smallest absolute Gasteiger partial charge is 0.332 e. The van der Waals surface area contributed by atoms with E-state index in [1.807, 2.05) is 4.90 Å². The summed E-state index contributed by atoms with van der Waals surface area (Å²) in [6.45, 7) is 3.66. The Kier molecular flexibility index (Phi) is 5.32. The van der Waals surface area contributed by atoms with Crippen LogP contribution in [-0.4, -0.2) is 52.3 Å². The summed E-state index contributed by atoms with van der Waals surface area (Å²) in [6.07, 6.45) is 6.19. The first-order valence-corrected chi connectivity index (χ1v) is 10.6. The van der Waals surface area contributed by atoms with Crippen LogP contribution < -0.4 is 4.90 Å². The van der Waals surface area contributed by atoms with Gasteiger partial charge in [-0.15, -0.1) is 0 Å². The van der Waals surface area contributed by atoms with Gasteiger partial charge in [-0.3, -0.25) is 19.4 Å². The topological polar surface area (TPSA) is 60.9 Å². The Labute approximate surface area is 170 Å². The van der Waals surface area contributed by atoms with Crippen LogP contribution in [-0.2, 0) is 9.59 Å². The van der Waals surface area contributed by atoms with E-state index < -0.39 is 17.9 Å². The Bertz CT molecular complexity index is 800. The summed E-state index contributed by atoms with van der Waals surface area (Å²) in [6, 6.07) is 4.69. The molecule has 7 heteroatoms. The lowest BCUT2D eigenvalue weighted by molar-refractivity contribution is -0.140. The first-order valence-electron chi connectivity index (χ1n) is 10.6. The number of rotatable bonds is 5. The third kappa shape index (κ3) is 3.87. The number of halogens is 1. The fourth-order valence-electron chi connectivity index (χ4n) is 4.60. The molecule has 3 aliphatic rings. The molecule has 156 valence electrons. The molecule has 0 radical (unpaired) electrons. The normalized spacial score (nSPS) is 27.5. The monoisotopic (exact) mass is 401 g/mol. The molecule has 4 amide bonds. The van der Waals surface area contributed by atoms with Gasteiger partial charge in [-0.2, -0.15) is 0 Å². The zero-order valence-electron chi connectivity index (χ0n) is 17.0. The Balaban J connectivity index is 1.49. The van der Waals surface area contributed by atoms with Gasteiger partial charge in [0.25, 0.3) is 5.91 Å². The molecule has 1 aromatic carbocycles. The van der Waals surface area contributed by atoms with Crippen molar-refractivity contribution < 1.29 is 18.8 Å². The van der Waals surface area contributed by atoms with Crippen molar-refractivity contribution in [3.63, 3.8) is 0 Å². The molecule has 0 spiro atoms. The van der Waals surface area contributed by atoms with Crippen LogP contribution in [0.2, 0.25) is 0 Å². The molecule has 1 unspecified atom stereocenters. The van der Waals surface area contributed by atoms with Gasteiger partial charge in [-0.25, -0.2) is 9.18 Å². The van der Waals surface area contributed by atoms with Crippen LogP contribution in [0.1, 0.15) is 52.4 Å². The summed E-state index contributed by atoms with van der Waals surface area (Å²) >= 11 is 0. The van der Waals surface area contributed by atoms with Gasteiger partial charge in [0.05, 0.1) is 0 Å².